The number of aromatic nitrogens is 9. The van der Waals surface area contributed by atoms with Crippen molar-refractivity contribution in [1.29, 1.82) is 0 Å². The van der Waals surface area contributed by atoms with Gasteiger partial charge < -0.3 is 4.90 Å². The first-order chi connectivity index (χ1) is 42.7. The third kappa shape index (κ3) is 9.66. The van der Waals surface area contributed by atoms with E-state index in [0.717, 1.165) is 89.6 Å². The fraction of sp³-hybridized carbons (Fsp3) is 0. The Morgan fingerprint density at radius 2 is 0.419 bits per heavy atom. The normalized spacial score (nSPS) is 11.7. The average Bonchev–Trinajstić information content (AvgIpc) is 0.984. The van der Waals surface area contributed by atoms with E-state index in [1.54, 1.807) is 0 Å². The molecule has 0 unspecified atom stereocenters. The maximum absolute atomic E-state index is 5.57. The third-order valence-corrected chi connectivity index (χ3v) is 15.1. The second-order valence-electron chi connectivity index (χ2n) is 20.5. The van der Waals surface area contributed by atoms with Gasteiger partial charge in [-0.3, -0.25) is 4.90 Å². The first kappa shape index (κ1) is 51.0. The molecule has 0 spiro atoms. The predicted octanol–water partition coefficient (Wildman–Crippen LogP) is 18.2. The zero-order chi connectivity index (χ0) is 57.2. The summed E-state index contributed by atoms with van der Waals surface area (Å²) in [6, 6.07) is 101. The lowest BCUT2D eigenvalue weighted by Crippen LogP contribution is -2.26. The highest BCUT2D eigenvalue weighted by Gasteiger charge is 2.37. The van der Waals surface area contributed by atoms with Gasteiger partial charge >= 0.3 is 0 Å². The van der Waals surface area contributed by atoms with Crippen molar-refractivity contribution < 1.29 is 0 Å². The van der Waals surface area contributed by atoms with Crippen LogP contribution in [0.25, 0.3) is 113 Å². The lowest BCUT2D eigenvalue weighted by Gasteiger charge is -2.41. The van der Waals surface area contributed by atoms with Crippen LogP contribution in [0, 0.1) is 0 Å². The number of nitrogens with zero attached hydrogens (tertiary/aromatic N) is 11. The minimum atomic E-state index is 0.432. The summed E-state index contributed by atoms with van der Waals surface area (Å²) in [5, 5.41) is 0. The maximum Gasteiger partial charge on any atom is 0.238 e. The molecule has 0 atom stereocenters. The number of para-hydroxylation sites is 4. The van der Waals surface area contributed by atoms with E-state index in [1.165, 1.54) is 0 Å². The van der Waals surface area contributed by atoms with Crippen LogP contribution in [0.2, 0.25) is 0 Å². The Labute approximate surface area is 497 Å². The average molecular weight is 1100 g/mol. The van der Waals surface area contributed by atoms with Crippen molar-refractivity contribution in [1.82, 2.24) is 44.9 Å². The summed E-state index contributed by atoms with van der Waals surface area (Å²) in [7, 11) is 0. The van der Waals surface area contributed by atoms with E-state index >= 15 is 0 Å². The number of fused-ring (bicyclic) bond motifs is 2. The molecule has 0 saturated heterocycles. The van der Waals surface area contributed by atoms with Crippen LogP contribution in [0.15, 0.2) is 297 Å². The van der Waals surface area contributed by atoms with Crippen LogP contribution in [0.5, 0.6) is 0 Å². The molecule has 404 valence electrons. The summed E-state index contributed by atoms with van der Waals surface area (Å²) in [6.07, 6.45) is 0. The highest BCUT2D eigenvalue weighted by Crippen LogP contribution is 2.59. The Hall–Kier alpha value is -12.0. The molecular weight excluding hydrogens is 1050 g/mol. The molecule has 11 heteroatoms. The molecule has 0 N–H and O–H groups in total. The lowest BCUT2D eigenvalue weighted by atomic mass is 9.85. The van der Waals surface area contributed by atoms with Crippen LogP contribution < -0.4 is 9.80 Å². The van der Waals surface area contributed by atoms with Crippen LogP contribution >= 0.6 is 0 Å². The molecule has 0 aliphatic carbocycles. The molecule has 15 rings (SSSR count). The number of benzene rings is 11. The Balaban J connectivity index is 1.09. The first-order valence-electron chi connectivity index (χ1n) is 28.4. The van der Waals surface area contributed by atoms with Gasteiger partial charge in [-0.05, 0) is 41.5 Å². The smallest absolute Gasteiger partial charge is 0.238 e. The predicted molar refractivity (Wildman–Crippen MR) is 344 cm³/mol. The number of hydrogen-bond donors (Lipinski definition) is 0. The van der Waals surface area contributed by atoms with Gasteiger partial charge in [0.05, 0.1) is 28.4 Å². The molecule has 86 heavy (non-hydrogen) atoms. The lowest BCUT2D eigenvalue weighted by molar-refractivity contribution is 1.01. The molecule has 0 amide bonds. The maximum atomic E-state index is 5.57. The molecule has 0 radical (unpaired) electrons. The van der Waals surface area contributed by atoms with Gasteiger partial charge in [-0.1, -0.05) is 267 Å². The molecule has 0 bridgehead atoms. The van der Waals surface area contributed by atoms with Crippen molar-refractivity contribution in [3.05, 3.63) is 297 Å². The second kappa shape index (κ2) is 22.4. The summed E-state index contributed by atoms with van der Waals surface area (Å²) in [4.78, 5) is 52.9. The molecule has 3 aromatic heterocycles. The van der Waals surface area contributed by atoms with E-state index in [0.29, 0.717) is 58.1 Å². The Morgan fingerprint density at radius 1 is 0.186 bits per heavy atom. The van der Waals surface area contributed by atoms with Gasteiger partial charge in [0.2, 0.25) is 5.95 Å². The van der Waals surface area contributed by atoms with Crippen molar-refractivity contribution >= 4 is 34.4 Å². The Kier molecular flexibility index (Phi) is 13.3. The van der Waals surface area contributed by atoms with Crippen LogP contribution in [-0.2, 0) is 0 Å². The standard InChI is InChI=1S/C75H49N11/c1-9-29-50(30-10-1)64-58(73-79-67(52-33-13-3-14-34-52)76-68(80-73)53-35-15-4-16-36-53)49-59(74-81-69(54-37-17-5-18-38-54)77-70(82-74)55-39-19-6-20-40-55)66(65(64)51-31-11-2-12-32-51)85-60-45-25-27-47-62(60)86(63-48-28-26-46-61(63)85)75-83-71(56-41-21-7-22-42-56)78-72(84-75)57-43-23-8-24-44-57/h1-49H. The highest BCUT2D eigenvalue weighted by atomic mass is 15.3. The monoisotopic (exact) mass is 1100 g/mol. The Bertz CT molecular complexity index is 4510. The summed E-state index contributed by atoms with van der Waals surface area (Å²) in [6.45, 7) is 0. The molecular formula is C75H49N11. The van der Waals surface area contributed by atoms with Crippen LogP contribution in [0.1, 0.15) is 0 Å². The molecule has 4 heterocycles. The van der Waals surface area contributed by atoms with Gasteiger partial charge in [0.15, 0.2) is 46.6 Å². The van der Waals surface area contributed by atoms with E-state index in [-0.39, 0.29) is 0 Å². The van der Waals surface area contributed by atoms with E-state index < -0.39 is 0 Å². The van der Waals surface area contributed by atoms with E-state index in [9.17, 15) is 0 Å². The summed E-state index contributed by atoms with van der Waals surface area (Å²) >= 11 is 0. The molecule has 14 aromatic rings. The highest BCUT2D eigenvalue weighted by molar-refractivity contribution is 6.12. The molecule has 0 fully saturated rings. The summed E-state index contributed by atoms with van der Waals surface area (Å²) in [5.41, 5.74) is 14.3. The SMILES string of the molecule is c1ccc(-c2nc(-c3ccccc3)nc(-c3cc(-c4nc(-c5ccccc5)nc(-c5ccccc5)n4)c(N4c5ccccc5N(c5nc(-c6ccccc6)nc(-c6ccccc6)n5)c5ccccc54)c(-c4ccccc4)c3-c3ccccc3)n2)cc1. The van der Waals surface area contributed by atoms with Crippen molar-refractivity contribution in [3.8, 4) is 113 Å². The van der Waals surface area contributed by atoms with Gasteiger partial charge in [0, 0.05) is 55.6 Å². The zero-order valence-corrected chi connectivity index (χ0v) is 46.2. The Morgan fingerprint density at radius 3 is 0.733 bits per heavy atom. The van der Waals surface area contributed by atoms with Crippen molar-refractivity contribution in [2.75, 3.05) is 9.80 Å². The van der Waals surface area contributed by atoms with Crippen LogP contribution in [0.4, 0.5) is 34.4 Å². The third-order valence-electron chi connectivity index (χ3n) is 15.1. The molecule has 0 saturated carbocycles. The minimum absolute atomic E-state index is 0.432. The summed E-state index contributed by atoms with van der Waals surface area (Å²) in [5.74, 6) is 4.53. The number of anilines is 6. The van der Waals surface area contributed by atoms with Gasteiger partial charge in [-0.2, -0.15) is 9.97 Å². The first-order valence-corrected chi connectivity index (χ1v) is 28.4. The van der Waals surface area contributed by atoms with Gasteiger partial charge in [0.25, 0.3) is 0 Å². The van der Waals surface area contributed by atoms with Crippen molar-refractivity contribution in [2.24, 2.45) is 0 Å². The van der Waals surface area contributed by atoms with Gasteiger partial charge in [-0.25, -0.2) is 34.9 Å². The van der Waals surface area contributed by atoms with Crippen LogP contribution in [-0.4, -0.2) is 44.9 Å². The van der Waals surface area contributed by atoms with Crippen molar-refractivity contribution in [3.63, 3.8) is 0 Å². The number of rotatable bonds is 12. The fourth-order valence-electron chi connectivity index (χ4n) is 11.2. The van der Waals surface area contributed by atoms with Gasteiger partial charge in [0.1, 0.15) is 0 Å². The molecule has 1 aliphatic rings. The van der Waals surface area contributed by atoms with Gasteiger partial charge in [-0.15, -0.1) is 0 Å². The van der Waals surface area contributed by atoms with E-state index in [4.69, 9.17) is 44.9 Å². The van der Waals surface area contributed by atoms with Crippen molar-refractivity contribution in [2.45, 2.75) is 0 Å². The minimum Gasteiger partial charge on any atom is -0.305 e. The quantitative estimate of drug-likeness (QED) is 0.116. The second-order valence-corrected chi connectivity index (χ2v) is 20.5. The summed E-state index contributed by atoms with van der Waals surface area (Å²) < 4.78 is 0. The van der Waals surface area contributed by atoms with E-state index in [1.807, 2.05) is 188 Å². The number of hydrogen-bond acceptors (Lipinski definition) is 11. The topological polar surface area (TPSA) is 122 Å². The van der Waals surface area contributed by atoms with Crippen LogP contribution in [0.3, 0.4) is 0 Å². The molecule has 1 aliphatic heterocycles. The van der Waals surface area contributed by atoms with E-state index in [2.05, 4.69) is 119 Å². The largest absolute Gasteiger partial charge is 0.305 e. The fourth-order valence-corrected chi connectivity index (χ4v) is 11.2. The molecule has 11 nitrogen and oxygen atoms in total. The molecule has 11 aromatic carbocycles. The zero-order valence-electron chi connectivity index (χ0n) is 46.2.